The van der Waals surface area contributed by atoms with Crippen molar-refractivity contribution in [2.24, 2.45) is 0 Å². The van der Waals surface area contributed by atoms with Crippen molar-refractivity contribution in [2.75, 3.05) is 13.2 Å². The van der Waals surface area contributed by atoms with Crippen LogP contribution in [0.25, 0.3) is 0 Å². The van der Waals surface area contributed by atoms with E-state index in [9.17, 15) is 4.79 Å². The summed E-state index contributed by atoms with van der Waals surface area (Å²) >= 11 is 0. The van der Waals surface area contributed by atoms with Crippen molar-refractivity contribution < 1.29 is 14.1 Å². The number of aromatic nitrogens is 2. The van der Waals surface area contributed by atoms with E-state index in [1.165, 1.54) is 0 Å². The van der Waals surface area contributed by atoms with E-state index in [1.807, 2.05) is 37.8 Å². The van der Waals surface area contributed by atoms with E-state index in [4.69, 9.17) is 9.26 Å². The molecule has 0 N–H and O–H groups in total. The highest BCUT2D eigenvalue weighted by atomic mass is 16.5. The van der Waals surface area contributed by atoms with Gasteiger partial charge >= 0.3 is 0 Å². The number of hydrogen-bond acceptors (Lipinski definition) is 5. The fraction of sp³-hybridized carbons (Fsp3) is 0.471. The van der Waals surface area contributed by atoms with Crippen LogP contribution in [0.2, 0.25) is 0 Å². The van der Waals surface area contributed by atoms with E-state index in [2.05, 4.69) is 10.1 Å². The molecule has 1 aliphatic heterocycles. The maximum atomic E-state index is 12.6. The number of fused-ring (bicyclic) bond motifs is 1. The third-order valence-corrected chi connectivity index (χ3v) is 4.18. The summed E-state index contributed by atoms with van der Waals surface area (Å²) in [5.41, 5.74) is 3.80. The number of hydrogen-bond donors (Lipinski definition) is 0. The van der Waals surface area contributed by atoms with Crippen LogP contribution in [-0.2, 0) is 24.2 Å². The number of aryl methyl sites for hydroxylation is 2. The summed E-state index contributed by atoms with van der Waals surface area (Å²) < 4.78 is 10.6. The molecule has 0 unspecified atom stereocenters. The number of carbonyl (C=O) groups excluding carboxylic acids is 1. The molecule has 0 saturated carbocycles. The fourth-order valence-corrected chi connectivity index (χ4v) is 2.85. The quantitative estimate of drug-likeness (QED) is 0.865. The molecule has 23 heavy (non-hydrogen) atoms. The summed E-state index contributed by atoms with van der Waals surface area (Å²) in [6.07, 6.45) is 1.09. The van der Waals surface area contributed by atoms with Gasteiger partial charge in [-0.1, -0.05) is 11.2 Å². The molecule has 122 valence electrons. The third-order valence-electron chi connectivity index (χ3n) is 4.18. The van der Waals surface area contributed by atoms with Crippen LogP contribution in [0.15, 0.2) is 16.7 Å². The molecule has 6 nitrogen and oxygen atoms in total. The van der Waals surface area contributed by atoms with E-state index in [0.29, 0.717) is 32.0 Å². The Morgan fingerprint density at radius 1 is 1.39 bits per heavy atom. The van der Waals surface area contributed by atoms with Crippen molar-refractivity contribution in [3.63, 3.8) is 0 Å². The molecule has 3 rings (SSSR count). The first-order valence-corrected chi connectivity index (χ1v) is 7.89. The molecular formula is C17H21N3O3. The summed E-state index contributed by atoms with van der Waals surface area (Å²) in [5.74, 6) is 1.47. The van der Waals surface area contributed by atoms with Crippen LogP contribution < -0.4 is 4.74 Å². The second-order valence-corrected chi connectivity index (χ2v) is 5.73. The molecule has 3 heterocycles. The van der Waals surface area contributed by atoms with Gasteiger partial charge in [0.25, 0.3) is 0 Å². The molecule has 0 aliphatic carbocycles. The van der Waals surface area contributed by atoms with Gasteiger partial charge < -0.3 is 14.2 Å². The van der Waals surface area contributed by atoms with Crippen LogP contribution >= 0.6 is 0 Å². The molecule has 6 heteroatoms. The average molecular weight is 315 g/mol. The summed E-state index contributed by atoms with van der Waals surface area (Å²) in [6, 6.07) is 3.87. The van der Waals surface area contributed by atoms with Crippen LogP contribution in [-0.4, -0.2) is 34.1 Å². The lowest BCUT2D eigenvalue weighted by molar-refractivity contribution is -0.131. The number of ether oxygens (including phenoxy) is 1. The van der Waals surface area contributed by atoms with Gasteiger partial charge in [-0.15, -0.1) is 0 Å². The van der Waals surface area contributed by atoms with E-state index in [0.717, 1.165) is 34.7 Å². The molecule has 2 aromatic heterocycles. The molecule has 0 spiro atoms. The Morgan fingerprint density at radius 3 is 2.91 bits per heavy atom. The summed E-state index contributed by atoms with van der Waals surface area (Å²) in [4.78, 5) is 18.9. The molecule has 1 aliphatic rings. The minimum atomic E-state index is 0.0962. The van der Waals surface area contributed by atoms with Crippen molar-refractivity contribution in [1.29, 1.82) is 0 Å². The third kappa shape index (κ3) is 3.21. The Bertz CT molecular complexity index is 704. The van der Waals surface area contributed by atoms with Crippen molar-refractivity contribution >= 4 is 5.91 Å². The molecule has 0 bridgehead atoms. The zero-order valence-electron chi connectivity index (χ0n) is 13.8. The van der Waals surface area contributed by atoms with E-state index in [1.54, 1.807) is 0 Å². The lowest BCUT2D eigenvalue weighted by Gasteiger charge is -2.28. The summed E-state index contributed by atoms with van der Waals surface area (Å²) in [7, 11) is 0. The molecule has 0 radical (unpaired) electrons. The SMILES string of the molecule is CCOc1ccc2c(n1)CCN(C(=O)Cc1c(C)noc1C)C2. The second kappa shape index (κ2) is 6.40. The number of pyridine rings is 1. The summed E-state index contributed by atoms with van der Waals surface area (Å²) in [6.45, 7) is 7.52. The number of carbonyl (C=O) groups is 1. The first-order chi connectivity index (χ1) is 11.1. The molecule has 0 aromatic carbocycles. The monoisotopic (exact) mass is 315 g/mol. The smallest absolute Gasteiger partial charge is 0.227 e. The maximum Gasteiger partial charge on any atom is 0.227 e. The zero-order valence-corrected chi connectivity index (χ0v) is 13.8. The lowest BCUT2D eigenvalue weighted by atomic mass is 10.0. The largest absolute Gasteiger partial charge is 0.478 e. The zero-order chi connectivity index (χ0) is 16.4. The number of amides is 1. The van der Waals surface area contributed by atoms with Crippen LogP contribution in [0.5, 0.6) is 5.88 Å². The van der Waals surface area contributed by atoms with E-state index in [-0.39, 0.29) is 5.91 Å². The molecule has 2 aromatic rings. The van der Waals surface area contributed by atoms with Crippen molar-refractivity contribution in [2.45, 2.75) is 40.2 Å². The molecule has 1 amide bonds. The van der Waals surface area contributed by atoms with Crippen molar-refractivity contribution in [1.82, 2.24) is 15.0 Å². The molecule has 0 atom stereocenters. The number of rotatable bonds is 4. The fourth-order valence-electron chi connectivity index (χ4n) is 2.85. The Kier molecular flexibility index (Phi) is 4.32. The normalized spacial score (nSPS) is 13.8. The van der Waals surface area contributed by atoms with Gasteiger partial charge in [0, 0.05) is 31.1 Å². The van der Waals surface area contributed by atoms with Crippen LogP contribution in [0.3, 0.4) is 0 Å². The van der Waals surface area contributed by atoms with Gasteiger partial charge in [-0.3, -0.25) is 4.79 Å². The van der Waals surface area contributed by atoms with E-state index < -0.39 is 0 Å². The Morgan fingerprint density at radius 2 is 2.22 bits per heavy atom. The highest BCUT2D eigenvalue weighted by Crippen LogP contribution is 2.22. The Balaban J connectivity index is 1.70. The first-order valence-electron chi connectivity index (χ1n) is 7.89. The van der Waals surface area contributed by atoms with Gasteiger partial charge in [0.05, 0.1) is 24.4 Å². The topological polar surface area (TPSA) is 68.5 Å². The second-order valence-electron chi connectivity index (χ2n) is 5.73. The first kappa shape index (κ1) is 15.5. The van der Waals surface area contributed by atoms with Gasteiger partial charge in [0.15, 0.2) is 0 Å². The highest BCUT2D eigenvalue weighted by molar-refractivity contribution is 5.79. The van der Waals surface area contributed by atoms with Crippen molar-refractivity contribution in [3.8, 4) is 5.88 Å². The molecular weight excluding hydrogens is 294 g/mol. The predicted octanol–water partition coefficient (Wildman–Crippen LogP) is 2.21. The standard InChI is InChI=1S/C17H21N3O3/c1-4-22-16-6-5-13-10-20(8-7-15(13)18-16)17(21)9-14-11(2)19-23-12(14)3/h5-6H,4,7-10H2,1-3H3. The Hall–Kier alpha value is -2.37. The van der Waals surface area contributed by atoms with Crippen LogP contribution in [0, 0.1) is 13.8 Å². The Labute approximate surface area is 135 Å². The van der Waals surface area contributed by atoms with Gasteiger partial charge in [-0.2, -0.15) is 0 Å². The van der Waals surface area contributed by atoms with Gasteiger partial charge in [0.2, 0.25) is 11.8 Å². The molecule has 0 fully saturated rings. The minimum Gasteiger partial charge on any atom is -0.478 e. The van der Waals surface area contributed by atoms with Gasteiger partial charge in [-0.25, -0.2) is 4.98 Å². The summed E-state index contributed by atoms with van der Waals surface area (Å²) in [5, 5.41) is 3.91. The van der Waals surface area contributed by atoms with E-state index >= 15 is 0 Å². The van der Waals surface area contributed by atoms with Crippen molar-refractivity contribution in [3.05, 3.63) is 40.4 Å². The predicted molar refractivity (Wildman–Crippen MR) is 84.2 cm³/mol. The average Bonchev–Trinajstić information content (AvgIpc) is 2.86. The van der Waals surface area contributed by atoms with Crippen LogP contribution in [0.1, 0.15) is 35.2 Å². The van der Waals surface area contributed by atoms with Gasteiger partial charge in [0.1, 0.15) is 5.76 Å². The van der Waals surface area contributed by atoms with Crippen LogP contribution in [0.4, 0.5) is 0 Å². The van der Waals surface area contributed by atoms with Gasteiger partial charge in [-0.05, 0) is 26.3 Å². The minimum absolute atomic E-state index is 0.0962. The maximum absolute atomic E-state index is 12.6. The highest BCUT2D eigenvalue weighted by Gasteiger charge is 2.24. The number of nitrogens with zero attached hydrogens (tertiary/aromatic N) is 3. The lowest BCUT2D eigenvalue weighted by Crippen LogP contribution is -2.37. The molecule has 0 saturated heterocycles.